The van der Waals surface area contributed by atoms with Crippen LogP contribution in [-0.4, -0.2) is 24.5 Å². The first kappa shape index (κ1) is 16.5. The minimum atomic E-state index is -2.58. The Hall–Kier alpha value is -2.31. The molecule has 0 aliphatic carbocycles. The van der Waals surface area contributed by atoms with E-state index in [1.54, 1.807) is 17.8 Å². The number of aryl methyl sites for hydroxylation is 3. The predicted molar refractivity (Wildman–Crippen MR) is 89.1 cm³/mol. The average Bonchev–Trinajstić information content (AvgIpc) is 3.07. The molecule has 0 bridgehead atoms. The summed E-state index contributed by atoms with van der Waals surface area (Å²) in [5.41, 5.74) is 3.32. The maximum absolute atomic E-state index is 13.7. The number of alkyl halides is 2. The van der Waals surface area contributed by atoms with Gasteiger partial charge < -0.3 is 0 Å². The number of pyridine rings is 1. The molecule has 5 nitrogen and oxygen atoms in total. The second-order valence-corrected chi connectivity index (χ2v) is 5.86. The Morgan fingerprint density at radius 3 is 2.50 bits per heavy atom. The molecule has 0 aromatic carbocycles. The summed E-state index contributed by atoms with van der Waals surface area (Å²) in [6, 6.07) is 1.47. The van der Waals surface area contributed by atoms with Crippen LogP contribution in [-0.2, 0) is 13.1 Å². The van der Waals surface area contributed by atoms with Crippen LogP contribution in [0.4, 0.5) is 8.78 Å². The topological polar surface area (TPSA) is 48.5 Å². The first-order chi connectivity index (χ1) is 11.5. The van der Waals surface area contributed by atoms with Crippen LogP contribution in [0.1, 0.15) is 43.6 Å². The van der Waals surface area contributed by atoms with E-state index < -0.39 is 6.43 Å². The molecule has 0 saturated heterocycles. The molecule has 0 amide bonds. The van der Waals surface area contributed by atoms with Crippen molar-refractivity contribution in [2.45, 2.75) is 53.6 Å². The number of hydrogen-bond donors (Lipinski definition) is 0. The normalized spacial score (nSPS) is 11.8. The highest BCUT2D eigenvalue weighted by molar-refractivity contribution is 5.85. The third kappa shape index (κ3) is 2.57. The van der Waals surface area contributed by atoms with Gasteiger partial charge in [0.05, 0.1) is 23.0 Å². The van der Waals surface area contributed by atoms with E-state index in [0.717, 1.165) is 24.2 Å². The first-order valence-corrected chi connectivity index (χ1v) is 8.16. The zero-order chi connectivity index (χ0) is 17.4. The smallest absolute Gasteiger partial charge is 0.264 e. The highest BCUT2D eigenvalue weighted by Gasteiger charge is 2.22. The van der Waals surface area contributed by atoms with Crippen molar-refractivity contribution in [3.8, 4) is 11.3 Å². The number of rotatable bonds is 5. The second kappa shape index (κ2) is 6.30. The molecule has 0 saturated carbocycles. The van der Waals surface area contributed by atoms with Gasteiger partial charge in [-0.3, -0.25) is 4.68 Å². The van der Waals surface area contributed by atoms with Gasteiger partial charge in [0.2, 0.25) is 0 Å². The van der Waals surface area contributed by atoms with Gasteiger partial charge >= 0.3 is 0 Å². The maximum Gasteiger partial charge on any atom is 0.264 e. The van der Waals surface area contributed by atoms with Crippen LogP contribution in [0.5, 0.6) is 0 Å². The summed E-state index contributed by atoms with van der Waals surface area (Å²) in [6.45, 7) is 9.07. The van der Waals surface area contributed by atoms with Crippen LogP contribution in [0.15, 0.2) is 12.3 Å². The summed E-state index contributed by atoms with van der Waals surface area (Å²) >= 11 is 0. The van der Waals surface area contributed by atoms with Gasteiger partial charge in [-0.15, -0.1) is 0 Å². The average molecular weight is 333 g/mol. The monoisotopic (exact) mass is 333 g/mol. The SMILES string of the molecule is CCCn1nc(C)c2c(C(F)F)cc(-c3cnn(CC)c3C)nc21. The van der Waals surface area contributed by atoms with E-state index in [9.17, 15) is 8.78 Å². The molecular weight excluding hydrogens is 312 g/mol. The predicted octanol–water partition coefficient (Wildman–Crippen LogP) is 4.28. The molecule has 0 atom stereocenters. The van der Waals surface area contributed by atoms with Gasteiger partial charge in [-0.1, -0.05) is 6.92 Å². The van der Waals surface area contributed by atoms with Crippen molar-refractivity contribution < 1.29 is 8.78 Å². The Bertz CT molecular complexity index is 879. The molecule has 24 heavy (non-hydrogen) atoms. The quantitative estimate of drug-likeness (QED) is 0.700. The third-order valence-electron chi connectivity index (χ3n) is 4.26. The van der Waals surface area contributed by atoms with Gasteiger partial charge in [-0.05, 0) is 33.3 Å². The second-order valence-electron chi connectivity index (χ2n) is 5.86. The lowest BCUT2D eigenvalue weighted by atomic mass is 10.1. The highest BCUT2D eigenvalue weighted by atomic mass is 19.3. The minimum absolute atomic E-state index is 0.0153. The molecule has 128 valence electrons. The summed E-state index contributed by atoms with van der Waals surface area (Å²) in [7, 11) is 0. The summed E-state index contributed by atoms with van der Waals surface area (Å²) < 4.78 is 30.9. The molecular formula is C17H21F2N5. The van der Waals surface area contributed by atoms with Crippen molar-refractivity contribution in [1.82, 2.24) is 24.5 Å². The highest BCUT2D eigenvalue weighted by Crippen LogP contribution is 2.33. The Morgan fingerprint density at radius 1 is 1.17 bits per heavy atom. The first-order valence-electron chi connectivity index (χ1n) is 8.16. The Labute approximate surface area is 139 Å². The van der Waals surface area contributed by atoms with Crippen molar-refractivity contribution in [2.24, 2.45) is 0 Å². The van der Waals surface area contributed by atoms with Crippen LogP contribution >= 0.6 is 0 Å². The molecule has 0 aliphatic heterocycles. The molecule has 0 radical (unpaired) electrons. The molecule has 0 aliphatic rings. The number of halogens is 2. The number of fused-ring (bicyclic) bond motifs is 1. The zero-order valence-electron chi connectivity index (χ0n) is 14.3. The van der Waals surface area contributed by atoms with Crippen LogP contribution in [0.25, 0.3) is 22.3 Å². The van der Waals surface area contributed by atoms with Crippen molar-refractivity contribution in [3.05, 3.63) is 29.2 Å². The number of nitrogens with zero attached hydrogens (tertiary/aromatic N) is 5. The summed E-state index contributed by atoms with van der Waals surface area (Å²) in [6.07, 6.45) is -0.0251. The molecule has 3 aromatic rings. The van der Waals surface area contributed by atoms with Crippen molar-refractivity contribution >= 4 is 11.0 Å². The molecule has 0 fully saturated rings. The van der Waals surface area contributed by atoms with Gasteiger partial charge in [0, 0.05) is 29.9 Å². The van der Waals surface area contributed by atoms with Gasteiger partial charge in [-0.25, -0.2) is 18.4 Å². The van der Waals surface area contributed by atoms with E-state index in [1.165, 1.54) is 6.07 Å². The van der Waals surface area contributed by atoms with E-state index in [-0.39, 0.29) is 5.56 Å². The number of aromatic nitrogens is 5. The lowest BCUT2D eigenvalue weighted by Crippen LogP contribution is -2.02. The van der Waals surface area contributed by atoms with E-state index in [2.05, 4.69) is 15.2 Å². The Balaban J connectivity index is 2.29. The van der Waals surface area contributed by atoms with Crippen molar-refractivity contribution in [3.63, 3.8) is 0 Å². The van der Waals surface area contributed by atoms with E-state index in [1.807, 2.05) is 25.5 Å². The van der Waals surface area contributed by atoms with Crippen LogP contribution < -0.4 is 0 Å². The van der Waals surface area contributed by atoms with Gasteiger partial charge in [0.1, 0.15) is 0 Å². The maximum atomic E-state index is 13.7. The standard InChI is InChI=1S/C17H21F2N5/c1-5-7-24-17-15(10(3)22-24)12(16(18)19)8-14(21-17)13-9-20-23(6-2)11(13)4/h8-9,16H,5-7H2,1-4H3. The van der Waals surface area contributed by atoms with Gasteiger partial charge in [-0.2, -0.15) is 10.2 Å². The van der Waals surface area contributed by atoms with E-state index in [4.69, 9.17) is 0 Å². The van der Waals surface area contributed by atoms with E-state index >= 15 is 0 Å². The Morgan fingerprint density at radius 2 is 1.92 bits per heavy atom. The fourth-order valence-electron chi connectivity index (χ4n) is 3.08. The molecule has 0 N–H and O–H groups in total. The summed E-state index contributed by atoms with van der Waals surface area (Å²) in [5.74, 6) is 0. The molecule has 3 aromatic heterocycles. The van der Waals surface area contributed by atoms with Crippen LogP contribution in [0, 0.1) is 13.8 Å². The molecule has 3 rings (SSSR count). The largest absolute Gasteiger partial charge is 0.269 e. The fraction of sp³-hybridized carbons (Fsp3) is 0.471. The van der Waals surface area contributed by atoms with Crippen molar-refractivity contribution in [1.29, 1.82) is 0 Å². The Kier molecular flexibility index (Phi) is 4.34. The molecule has 7 heteroatoms. The van der Waals surface area contributed by atoms with Crippen LogP contribution in [0.2, 0.25) is 0 Å². The summed E-state index contributed by atoms with van der Waals surface area (Å²) in [5, 5.41) is 9.16. The van der Waals surface area contributed by atoms with Crippen molar-refractivity contribution in [2.75, 3.05) is 0 Å². The molecule has 0 unspecified atom stereocenters. The van der Waals surface area contributed by atoms with Crippen LogP contribution in [0.3, 0.4) is 0 Å². The van der Waals surface area contributed by atoms with Gasteiger partial charge in [0.15, 0.2) is 5.65 Å². The minimum Gasteiger partial charge on any atom is -0.269 e. The number of hydrogen-bond acceptors (Lipinski definition) is 3. The lowest BCUT2D eigenvalue weighted by molar-refractivity contribution is 0.153. The molecule has 0 spiro atoms. The lowest BCUT2D eigenvalue weighted by Gasteiger charge is -2.08. The summed E-state index contributed by atoms with van der Waals surface area (Å²) in [4.78, 5) is 4.65. The third-order valence-corrected chi connectivity index (χ3v) is 4.26. The molecule has 3 heterocycles. The van der Waals surface area contributed by atoms with Gasteiger partial charge in [0.25, 0.3) is 6.43 Å². The fourth-order valence-corrected chi connectivity index (χ4v) is 3.08. The van der Waals surface area contributed by atoms with E-state index in [0.29, 0.717) is 29.0 Å². The zero-order valence-corrected chi connectivity index (χ0v) is 14.3.